The number of thiazole rings is 1. The second-order valence-corrected chi connectivity index (χ2v) is 29.0. The molecular formula is C58H87N5O11SSi. The molecule has 0 radical (unpaired) electrons. The Morgan fingerprint density at radius 3 is 2.46 bits per heavy atom. The molecule has 420 valence electrons. The lowest BCUT2D eigenvalue weighted by molar-refractivity contribution is -0.160. The zero-order valence-electron chi connectivity index (χ0n) is 46.7. The molecule has 7 rings (SSSR count). The van der Waals surface area contributed by atoms with Crippen molar-refractivity contribution in [3.63, 3.8) is 0 Å². The molecule has 16 nitrogen and oxygen atoms in total. The minimum absolute atomic E-state index is 0.0522. The van der Waals surface area contributed by atoms with Crippen LogP contribution in [0, 0.1) is 29.6 Å². The highest BCUT2D eigenvalue weighted by Gasteiger charge is 2.45. The van der Waals surface area contributed by atoms with Crippen LogP contribution in [0.25, 0.3) is 0 Å². The molecule has 5 aliphatic rings. The summed E-state index contributed by atoms with van der Waals surface area (Å²) in [5.74, 6) is 0.775. The average molecular weight is 1090 g/mol. The summed E-state index contributed by atoms with van der Waals surface area (Å²) in [7, 11) is -0.311. The molecule has 1 aromatic heterocycles. The topological polar surface area (TPSA) is 193 Å². The Kier molecular flexibility index (Phi) is 21.4. The van der Waals surface area contributed by atoms with E-state index in [0.29, 0.717) is 62.8 Å². The molecule has 3 fully saturated rings. The van der Waals surface area contributed by atoms with E-state index >= 15 is 0 Å². The van der Waals surface area contributed by atoms with Gasteiger partial charge in [0.25, 0.3) is 0 Å². The van der Waals surface area contributed by atoms with E-state index in [2.05, 4.69) is 81.9 Å². The number of likely N-dealkylation sites (N-methyl/N-ethyl adjacent to an activating group) is 1. The number of aromatic nitrogens is 1. The normalized spacial score (nSPS) is 25.9. The first-order valence-corrected chi connectivity index (χ1v) is 32.0. The number of nitrogens with one attached hydrogen (secondary N) is 3. The second-order valence-electron chi connectivity index (χ2n) is 23.4. The minimum Gasteiger partial charge on any atom is -0.491 e. The Morgan fingerprint density at radius 2 is 1.71 bits per heavy atom. The summed E-state index contributed by atoms with van der Waals surface area (Å²) >= 11 is 1.39. The number of hydrogen-bond acceptors (Lipinski definition) is 14. The number of amides is 3. The van der Waals surface area contributed by atoms with Crippen molar-refractivity contribution in [2.24, 2.45) is 29.6 Å². The van der Waals surface area contributed by atoms with Crippen molar-refractivity contribution >= 4 is 49.3 Å². The van der Waals surface area contributed by atoms with Gasteiger partial charge in [0.15, 0.2) is 8.32 Å². The highest BCUT2D eigenvalue weighted by atomic mass is 32.1. The molecule has 2 saturated heterocycles. The lowest BCUT2D eigenvalue weighted by Gasteiger charge is -2.44. The number of esters is 1. The molecule has 18 heteroatoms. The van der Waals surface area contributed by atoms with Crippen molar-refractivity contribution < 1.29 is 52.1 Å². The van der Waals surface area contributed by atoms with Gasteiger partial charge in [0.1, 0.15) is 41.3 Å². The fourth-order valence-corrected chi connectivity index (χ4v) is 13.7. The van der Waals surface area contributed by atoms with Crippen LogP contribution in [0.15, 0.2) is 53.4 Å². The number of nitrogens with zero attached hydrogens (tertiary/aromatic N) is 2. The molecule has 3 aliphatic carbocycles. The summed E-state index contributed by atoms with van der Waals surface area (Å²) < 4.78 is 36.2. The van der Waals surface area contributed by atoms with E-state index < -0.39 is 26.5 Å². The van der Waals surface area contributed by atoms with E-state index in [-0.39, 0.29) is 95.7 Å². The molecule has 0 unspecified atom stereocenters. The lowest BCUT2D eigenvalue weighted by Crippen LogP contribution is -2.55. The van der Waals surface area contributed by atoms with Gasteiger partial charge in [-0.25, -0.2) is 9.78 Å². The van der Waals surface area contributed by atoms with E-state index in [1.807, 2.05) is 4.90 Å². The van der Waals surface area contributed by atoms with Gasteiger partial charge >= 0.3 is 12.1 Å². The molecule has 1 saturated carbocycles. The van der Waals surface area contributed by atoms with Crippen LogP contribution in [-0.2, 0) is 37.8 Å². The maximum Gasteiger partial charge on any atom is 0.407 e. The highest BCUT2D eigenvalue weighted by Crippen LogP contribution is 2.46. The number of benzene rings is 1. The number of ether oxygens (including phenoxy) is 5. The number of hydrogen-bond donors (Lipinski definition) is 3. The first-order valence-electron chi connectivity index (χ1n) is 28.2. The summed E-state index contributed by atoms with van der Waals surface area (Å²) in [5.41, 5.74) is 1.98. The SMILES string of the molecule is CN[C@@H](C)C(=O)N[C@H](C(=O)N1CCC[C@H]1c1nc(C(=O)c2cccc(OCCOCCOCCNC(=O)O[C@H]3C[C@@H](C)C=C4C=C[C@H](C)[C@H](CC[C@@H]5C[C@@H](O[Si](C)(C)C(C)(C)C)CC(=O)O5)[C@H]43)c2)cs1)C1CCCCC1. The largest absolute Gasteiger partial charge is 0.491 e. The number of fused-ring (bicyclic) bond motifs is 1. The second kappa shape index (κ2) is 27.4. The van der Waals surface area contributed by atoms with Gasteiger partial charge in [-0.3, -0.25) is 19.2 Å². The molecule has 76 heavy (non-hydrogen) atoms. The first-order chi connectivity index (χ1) is 36.3. The van der Waals surface area contributed by atoms with Gasteiger partial charge in [-0.15, -0.1) is 11.3 Å². The third-order valence-corrected chi connectivity index (χ3v) is 22.2. The summed E-state index contributed by atoms with van der Waals surface area (Å²) in [5, 5.41) is 11.5. The van der Waals surface area contributed by atoms with Crippen LogP contribution in [0.3, 0.4) is 0 Å². The molecular weight excluding hydrogens is 1000 g/mol. The van der Waals surface area contributed by atoms with Crippen LogP contribution in [0.1, 0.15) is 146 Å². The van der Waals surface area contributed by atoms with Gasteiger partial charge in [0.2, 0.25) is 17.6 Å². The number of cyclic esters (lactones) is 1. The van der Waals surface area contributed by atoms with Crippen LogP contribution >= 0.6 is 11.3 Å². The van der Waals surface area contributed by atoms with E-state index in [1.54, 1.807) is 43.6 Å². The standard InChI is InChI=1S/C58H87N5O11SSi/c1-37-31-41-21-20-38(2)46(23-22-44-34-45(35-50(64)72-44)74-76(8,9)58(4,5)6)51(41)49(32-37)73-57(68)60-24-26-69-27-28-70-29-30-71-43-18-13-17-42(33-43)53(65)47-36-75-55(61-47)48-19-14-25-63(48)56(67)52(40-15-11-10-12-16-40)62-54(66)39(3)59-7/h13,17-18,20-21,31,33,36-40,44-46,48-49,51-52,59H,10-12,14-16,19,22-30,32,34-35H2,1-9H3,(H,60,68)(H,62,66)/t37-,38-,39-,44+,45+,46-,48-,49-,51-,52-/m0/s1. The van der Waals surface area contributed by atoms with E-state index in [4.69, 9.17) is 33.1 Å². The minimum atomic E-state index is -2.05. The van der Waals surface area contributed by atoms with Crippen molar-refractivity contribution in [2.45, 2.75) is 173 Å². The number of allylic oxidation sites excluding steroid dienone is 3. The van der Waals surface area contributed by atoms with Gasteiger partial charge < -0.3 is 49.0 Å². The van der Waals surface area contributed by atoms with Gasteiger partial charge in [-0.05, 0) is 118 Å². The predicted molar refractivity (Wildman–Crippen MR) is 296 cm³/mol. The third-order valence-electron chi connectivity index (χ3n) is 16.7. The lowest BCUT2D eigenvalue weighted by atomic mass is 9.65. The van der Waals surface area contributed by atoms with E-state index in [0.717, 1.165) is 69.2 Å². The van der Waals surface area contributed by atoms with Crippen molar-refractivity contribution in [2.75, 3.05) is 53.2 Å². The number of likely N-dealkylation sites (tertiary alicyclic amines) is 1. The predicted octanol–water partition coefficient (Wildman–Crippen LogP) is 9.50. The molecule has 3 N–H and O–H groups in total. The zero-order chi connectivity index (χ0) is 54.6. The summed E-state index contributed by atoms with van der Waals surface area (Å²) in [6.45, 7) is 19.7. The molecule has 0 bridgehead atoms. The molecule has 10 atom stereocenters. The summed E-state index contributed by atoms with van der Waals surface area (Å²) in [6.07, 6.45) is 15.7. The molecule has 2 aliphatic heterocycles. The maximum absolute atomic E-state index is 14.2. The summed E-state index contributed by atoms with van der Waals surface area (Å²) in [6, 6.07) is 5.75. The molecule has 1 aromatic carbocycles. The number of alkyl carbamates (subject to hydrolysis) is 1. The third kappa shape index (κ3) is 15.9. The van der Waals surface area contributed by atoms with Crippen LogP contribution in [0.2, 0.25) is 18.1 Å². The zero-order valence-corrected chi connectivity index (χ0v) is 48.5. The Morgan fingerprint density at radius 1 is 0.961 bits per heavy atom. The number of ketones is 1. The van der Waals surface area contributed by atoms with Gasteiger partial charge in [-0.1, -0.05) is 84.2 Å². The van der Waals surface area contributed by atoms with Gasteiger partial charge in [0.05, 0.1) is 51.0 Å². The van der Waals surface area contributed by atoms with E-state index in [1.165, 1.54) is 16.9 Å². The Bertz CT molecular complexity index is 2350. The van der Waals surface area contributed by atoms with Crippen molar-refractivity contribution in [3.8, 4) is 5.75 Å². The number of rotatable bonds is 24. The van der Waals surface area contributed by atoms with Gasteiger partial charge in [-0.2, -0.15) is 0 Å². The first kappa shape index (κ1) is 59.2. The van der Waals surface area contributed by atoms with Gasteiger partial charge in [0, 0.05) is 36.4 Å². The van der Waals surface area contributed by atoms with Crippen LogP contribution in [0.4, 0.5) is 4.79 Å². The monoisotopic (exact) mass is 1090 g/mol. The fraction of sp³-hybridized carbons (Fsp3) is 0.690. The van der Waals surface area contributed by atoms with E-state index in [9.17, 15) is 24.0 Å². The number of carbonyl (C=O) groups excluding carboxylic acids is 5. The van der Waals surface area contributed by atoms with Crippen molar-refractivity contribution in [3.05, 3.63) is 69.7 Å². The Balaban J connectivity index is 0.798. The molecule has 2 aromatic rings. The number of carbonyl (C=O) groups is 5. The highest BCUT2D eigenvalue weighted by molar-refractivity contribution is 7.10. The van der Waals surface area contributed by atoms with Crippen molar-refractivity contribution in [1.29, 1.82) is 0 Å². The van der Waals surface area contributed by atoms with Crippen LogP contribution in [0.5, 0.6) is 5.75 Å². The molecule has 0 spiro atoms. The smallest absolute Gasteiger partial charge is 0.407 e. The van der Waals surface area contributed by atoms with Crippen molar-refractivity contribution in [1.82, 2.24) is 25.8 Å². The summed E-state index contributed by atoms with van der Waals surface area (Å²) in [4.78, 5) is 73.6. The fourth-order valence-electron chi connectivity index (χ4n) is 11.4. The van der Waals surface area contributed by atoms with Crippen LogP contribution < -0.4 is 20.7 Å². The average Bonchev–Trinajstić information content (AvgIpc) is 4.10. The Hall–Kier alpha value is -4.46. The molecule has 3 heterocycles. The van der Waals surface area contributed by atoms with Crippen LogP contribution in [-0.4, -0.2) is 131 Å². The quantitative estimate of drug-likeness (QED) is 0.0390. The maximum atomic E-state index is 14.2. The Labute approximate surface area is 456 Å². The molecule has 3 amide bonds.